The van der Waals surface area contributed by atoms with Crippen molar-refractivity contribution in [1.82, 2.24) is 14.4 Å². The van der Waals surface area contributed by atoms with Crippen molar-refractivity contribution < 1.29 is 14.1 Å². The number of benzene rings is 3. The maximum atomic E-state index is 14.4. The Morgan fingerprint density at radius 3 is 2.45 bits per heavy atom. The number of hydrogen-bond acceptors (Lipinski definition) is 4. The van der Waals surface area contributed by atoms with Crippen molar-refractivity contribution in [3.63, 3.8) is 0 Å². The van der Waals surface area contributed by atoms with Crippen LogP contribution in [0.3, 0.4) is 0 Å². The van der Waals surface area contributed by atoms with Gasteiger partial charge in [-0.15, -0.1) is 0 Å². The van der Waals surface area contributed by atoms with Crippen molar-refractivity contribution in [2.24, 2.45) is 0 Å². The number of rotatable bonds is 8. The third-order valence-electron chi connectivity index (χ3n) is 7.48. The number of amides is 1. The van der Waals surface area contributed by atoms with Crippen LogP contribution in [0.2, 0.25) is 0 Å². The van der Waals surface area contributed by atoms with E-state index in [9.17, 15) is 19.3 Å². The molecule has 38 heavy (non-hydrogen) atoms. The Morgan fingerprint density at radius 2 is 1.76 bits per heavy atom. The van der Waals surface area contributed by atoms with Crippen molar-refractivity contribution in [3.05, 3.63) is 112 Å². The Kier molecular flexibility index (Phi) is 7.51. The highest BCUT2D eigenvalue weighted by molar-refractivity contribution is 5.88. The van der Waals surface area contributed by atoms with E-state index in [1.54, 1.807) is 18.2 Å². The molecular weight excluding hydrogens is 483 g/mol. The number of nitrogens with zero attached hydrogens (tertiary/aromatic N) is 4. The molecule has 4 aromatic rings. The van der Waals surface area contributed by atoms with E-state index in [0.717, 1.165) is 36.3 Å². The predicted molar refractivity (Wildman–Crippen MR) is 146 cm³/mol. The van der Waals surface area contributed by atoms with E-state index in [2.05, 4.69) is 16.4 Å². The summed E-state index contributed by atoms with van der Waals surface area (Å²) in [7, 11) is 0. The molecule has 0 aliphatic carbocycles. The molecule has 0 spiro atoms. The number of fused-ring (bicyclic) bond motifs is 1. The van der Waals surface area contributed by atoms with E-state index in [-0.39, 0.29) is 23.8 Å². The lowest BCUT2D eigenvalue weighted by Gasteiger charge is -2.34. The minimum absolute atomic E-state index is 0.00408. The summed E-state index contributed by atoms with van der Waals surface area (Å²) in [4.78, 5) is 29.0. The Bertz CT molecular complexity index is 1440. The van der Waals surface area contributed by atoms with Crippen LogP contribution in [0, 0.1) is 15.9 Å². The van der Waals surface area contributed by atoms with Crippen molar-refractivity contribution in [1.29, 1.82) is 0 Å². The normalized spacial score (nSPS) is 15.1. The number of hydrogen-bond donors (Lipinski definition) is 0. The van der Waals surface area contributed by atoms with Crippen molar-refractivity contribution >= 4 is 22.5 Å². The number of piperazine rings is 1. The summed E-state index contributed by atoms with van der Waals surface area (Å²) in [6.45, 7) is 6.60. The fourth-order valence-electron chi connectivity index (χ4n) is 5.36. The highest BCUT2D eigenvalue weighted by atomic mass is 19.1. The molecule has 196 valence electrons. The van der Waals surface area contributed by atoms with Crippen LogP contribution in [0.1, 0.15) is 36.0 Å². The van der Waals surface area contributed by atoms with Gasteiger partial charge in [0.15, 0.2) is 0 Å². The summed E-state index contributed by atoms with van der Waals surface area (Å²) in [5.41, 5.74) is 3.36. The third-order valence-corrected chi connectivity index (χ3v) is 7.48. The van der Waals surface area contributed by atoms with Crippen LogP contribution in [0.15, 0.2) is 79.0 Å². The summed E-state index contributed by atoms with van der Waals surface area (Å²) in [5.74, 6) is -0.830. The Balaban J connectivity index is 1.58. The van der Waals surface area contributed by atoms with Gasteiger partial charge in [0.05, 0.1) is 4.92 Å². The molecule has 1 aliphatic rings. The molecule has 2 heterocycles. The number of aromatic nitrogens is 1. The first-order valence-corrected chi connectivity index (χ1v) is 13.0. The van der Waals surface area contributed by atoms with E-state index in [0.29, 0.717) is 30.6 Å². The van der Waals surface area contributed by atoms with E-state index < -0.39 is 10.8 Å². The van der Waals surface area contributed by atoms with Crippen LogP contribution in [0.25, 0.3) is 10.9 Å². The fourth-order valence-corrected chi connectivity index (χ4v) is 5.36. The number of halogens is 1. The van der Waals surface area contributed by atoms with Crippen LogP contribution in [-0.2, 0) is 11.3 Å². The summed E-state index contributed by atoms with van der Waals surface area (Å²) >= 11 is 0. The Labute approximate surface area is 221 Å². The smallest absolute Gasteiger partial charge is 0.270 e. The van der Waals surface area contributed by atoms with E-state index in [1.807, 2.05) is 47.5 Å². The molecule has 5 rings (SSSR count). The summed E-state index contributed by atoms with van der Waals surface area (Å²) < 4.78 is 16.5. The van der Waals surface area contributed by atoms with Gasteiger partial charge in [-0.2, -0.15) is 0 Å². The van der Waals surface area contributed by atoms with Gasteiger partial charge in [-0.25, -0.2) is 4.39 Å². The number of nitro benzene ring substituents is 1. The lowest BCUT2D eigenvalue weighted by Crippen LogP contribution is -2.48. The van der Waals surface area contributed by atoms with Crippen molar-refractivity contribution in [2.45, 2.75) is 25.8 Å². The van der Waals surface area contributed by atoms with Crippen LogP contribution >= 0.6 is 0 Å². The zero-order chi connectivity index (χ0) is 26.6. The second-order valence-corrected chi connectivity index (χ2v) is 9.78. The maximum Gasteiger partial charge on any atom is 0.270 e. The Morgan fingerprint density at radius 1 is 1.00 bits per heavy atom. The lowest BCUT2D eigenvalue weighted by atomic mass is 9.87. The summed E-state index contributed by atoms with van der Waals surface area (Å²) in [6, 6.07) is 21.1. The van der Waals surface area contributed by atoms with Gasteiger partial charge in [-0.1, -0.05) is 49.4 Å². The zero-order valence-corrected chi connectivity index (χ0v) is 21.4. The first-order valence-electron chi connectivity index (χ1n) is 13.0. The summed E-state index contributed by atoms with van der Waals surface area (Å²) in [6.07, 6.45) is 2.13. The lowest BCUT2D eigenvalue weighted by molar-refractivity contribution is -0.384. The number of carbonyl (C=O) groups excluding carboxylic acids is 1. The van der Waals surface area contributed by atoms with Gasteiger partial charge in [-0.3, -0.25) is 14.9 Å². The first kappa shape index (κ1) is 25.6. The molecule has 0 radical (unpaired) electrons. The molecule has 1 saturated heterocycles. The van der Waals surface area contributed by atoms with Gasteiger partial charge in [0.25, 0.3) is 5.69 Å². The zero-order valence-electron chi connectivity index (χ0n) is 21.4. The second kappa shape index (κ2) is 11.1. The van der Waals surface area contributed by atoms with Crippen LogP contribution in [0.4, 0.5) is 10.1 Å². The highest BCUT2D eigenvalue weighted by Gasteiger charge is 2.28. The SMILES string of the molecule is CCN1CCN(C(=O)CC(c2cccc(F)c2)c2cn(Cc3ccccc3)c3ccc([N+](=O)[O-])cc23)CC1. The highest BCUT2D eigenvalue weighted by Crippen LogP contribution is 2.37. The third kappa shape index (κ3) is 5.45. The number of non-ortho nitro benzene ring substituents is 1. The second-order valence-electron chi connectivity index (χ2n) is 9.78. The molecule has 0 bridgehead atoms. The molecule has 1 aliphatic heterocycles. The monoisotopic (exact) mass is 514 g/mol. The molecule has 1 fully saturated rings. The molecular formula is C30H31FN4O3. The molecule has 1 aromatic heterocycles. The van der Waals surface area contributed by atoms with Crippen LogP contribution in [0.5, 0.6) is 0 Å². The molecule has 3 aromatic carbocycles. The van der Waals surface area contributed by atoms with Gasteiger partial charge in [0.1, 0.15) is 5.82 Å². The largest absolute Gasteiger partial charge is 0.343 e. The average molecular weight is 515 g/mol. The number of nitro groups is 1. The topological polar surface area (TPSA) is 71.6 Å². The first-order chi connectivity index (χ1) is 18.4. The molecule has 0 N–H and O–H groups in total. The molecule has 1 unspecified atom stereocenters. The minimum Gasteiger partial charge on any atom is -0.343 e. The molecule has 1 amide bonds. The van der Waals surface area contributed by atoms with Crippen molar-refractivity contribution in [3.8, 4) is 0 Å². The molecule has 7 nitrogen and oxygen atoms in total. The van der Waals surface area contributed by atoms with E-state index in [4.69, 9.17) is 0 Å². The van der Waals surface area contributed by atoms with Gasteiger partial charge >= 0.3 is 0 Å². The average Bonchev–Trinajstić information content (AvgIpc) is 3.29. The fraction of sp³-hybridized carbons (Fsp3) is 0.300. The van der Waals surface area contributed by atoms with Gasteiger partial charge in [0.2, 0.25) is 5.91 Å². The van der Waals surface area contributed by atoms with Crippen LogP contribution in [-0.4, -0.2) is 57.9 Å². The van der Waals surface area contributed by atoms with Crippen molar-refractivity contribution in [2.75, 3.05) is 32.7 Å². The standard InChI is InChI=1S/C30H31FN4O3/c1-2-32-13-15-33(16-14-32)30(36)19-26(23-9-6-10-24(31)17-23)28-21-34(20-22-7-4-3-5-8-22)29-12-11-25(35(37)38)18-27(28)29/h3-12,17-18,21,26H,2,13-16,19-20H2,1H3. The number of likely N-dealkylation sites (N-methyl/N-ethyl adjacent to an activating group) is 1. The van der Waals surface area contributed by atoms with Gasteiger partial charge in [-0.05, 0) is 41.4 Å². The molecule has 1 atom stereocenters. The molecule has 0 saturated carbocycles. The van der Waals surface area contributed by atoms with Gasteiger partial charge < -0.3 is 14.4 Å². The summed E-state index contributed by atoms with van der Waals surface area (Å²) in [5, 5.41) is 12.4. The Hall–Kier alpha value is -4.04. The predicted octanol–water partition coefficient (Wildman–Crippen LogP) is 5.42. The quantitative estimate of drug-likeness (QED) is 0.232. The van der Waals surface area contributed by atoms with Crippen LogP contribution < -0.4 is 0 Å². The maximum absolute atomic E-state index is 14.4. The number of carbonyl (C=O) groups is 1. The van der Waals surface area contributed by atoms with Gasteiger partial charge in [0, 0.05) is 74.3 Å². The molecule has 8 heteroatoms. The van der Waals surface area contributed by atoms with E-state index in [1.165, 1.54) is 18.2 Å². The minimum atomic E-state index is -0.455. The van der Waals surface area contributed by atoms with E-state index >= 15 is 0 Å².